The summed E-state index contributed by atoms with van der Waals surface area (Å²) in [5.74, 6) is -0.913. The van der Waals surface area contributed by atoms with Crippen LogP contribution in [0.3, 0.4) is 0 Å². The number of ether oxygens (including phenoxy) is 1. The third-order valence-electron chi connectivity index (χ3n) is 8.29. The molecular weight excluding hydrogens is 543 g/mol. The highest BCUT2D eigenvalue weighted by Crippen LogP contribution is 3.02. The zero-order valence-corrected chi connectivity index (χ0v) is 23.9. The van der Waals surface area contributed by atoms with Crippen LogP contribution in [0, 0.1) is 11.8 Å². The molecule has 1 amide bonds. The van der Waals surface area contributed by atoms with Crippen LogP contribution >= 0.6 is 10.2 Å². The molecule has 12 heteroatoms. The Labute approximate surface area is 228 Å². The first-order valence-corrected chi connectivity index (χ1v) is 15.9. The number of allylic oxidation sites excluding steroid dienone is 2. The maximum atomic E-state index is 13.2. The van der Waals surface area contributed by atoms with E-state index in [1.807, 2.05) is 6.92 Å². The minimum absolute atomic E-state index is 0.0280. The van der Waals surface area contributed by atoms with Gasteiger partial charge in [-0.1, -0.05) is 32.4 Å². The normalized spacial score (nSPS) is 27.6. The number of halogens is 5. The van der Waals surface area contributed by atoms with Crippen molar-refractivity contribution in [1.29, 1.82) is 0 Å². The number of aliphatic carboxylic acids is 1. The molecule has 0 aromatic carbocycles. The van der Waals surface area contributed by atoms with Crippen LogP contribution in [0.4, 0.5) is 19.4 Å². The van der Waals surface area contributed by atoms with Crippen molar-refractivity contribution < 1.29 is 38.9 Å². The summed E-state index contributed by atoms with van der Waals surface area (Å²) in [6, 6.07) is 0.131. The molecule has 39 heavy (non-hydrogen) atoms. The van der Waals surface area contributed by atoms with Crippen LogP contribution in [-0.4, -0.2) is 59.3 Å². The van der Waals surface area contributed by atoms with E-state index in [9.17, 15) is 34.1 Å². The van der Waals surface area contributed by atoms with Crippen LogP contribution in [-0.2, 0) is 14.3 Å². The second-order valence-corrected chi connectivity index (χ2v) is 14.0. The lowest BCUT2D eigenvalue weighted by atomic mass is 9.82. The molecular formula is C27H43F5N2O4S. The zero-order valence-electron chi connectivity index (χ0n) is 23.1. The maximum Gasteiger partial charge on any atom is 0.307 e. The van der Waals surface area contributed by atoms with Crippen LogP contribution in [0.5, 0.6) is 0 Å². The van der Waals surface area contributed by atoms with Gasteiger partial charge in [0.25, 0.3) is 5.91 Å². The number of nitrogens with one attached hydrogen (secondary N) is 1. The third kappa shape index (κ3) is 8.66. The molecule has 0 aromatic rings. The Kier molecular flexibility index (Phi) is 9.24. The fourth-order valence-electron chi connectivity index (χ4n) is 5.95. The highest BCUT2D eigenvalue weighted by molar-refractivity contribution is 8.48. The van der Waals surface area contributed by atoms with Gasteiger partial charge in [-0.05, 0) is 102 Å². The van der Waals surface area contributed by atoms with Crippen LogP contribution in [0.25, 0.3) is 0 Å². The summed E-state index contributed by atoms with van der Waals surface area (Å²) in [4.78, 5) is 24.9. The van der Waals surface area contributed by atoms with Crippen molar-refractivity contribution in [2.45, 2.75) is 103 Å². The second kappa shape index (κ2) is 11.3. The van der Waals surface area contributed by atoms with E-state index >= 15 is 0 Å². The number of carbonyl (C=O) groups is 2. The van der Waals surface area contributed by atoms with Crippen LogP contribution in [0.2, 0.25) is 0 Å². The number of amides is 1. The van der Waals surface area contributed by atoms with Gasteiger partial charge in [-0.3, -0.25) is 14.5 Å². The van der Waals surface area contributed by atoms with Crippen LogP contribution < -0.4 is 5.32 Å². The molecule has 226 valence electrons. The molecule has 1 heterocycles. The molecule has 1 saturated carbocycles. The van der Waals surface area contributed by atoms with Gasteiger partial charge in [0.1, 0.15) is 5.60 Å². The molecule has 0 radical (unpaired) electrons. The van der Waals surface area contributed by atoms with Crippen molar-refractivity contribution in [3.8, 4) is 0 Å². The summed E-state index contributed by atoms with van der Waals surface area (Å²) in [6.45, 7) is 7.07. The number of nitrogens with zero attached hydrogens (tertiary/aromatic N) is 1. The molecule has 2 N–H and O–H groups in total. The van der Waals surface area contributed by atoms with E-state index in [2.05, 4.69) is 24.1 Å². The lowest BCUT2D eigenvalue weighted by Crippen LogP contribution is -2.54. The molecule has 1 saturated heterocycles. The Morgan fingerprint density at radius 1 is 1.18 bits per heavy atom. The Morgan fingerprint density at radius 3 is 2.41 bits per heavy atom. The minimum atomic E-state index is -9.72. The summed E-state index contributed by atoms with van der Waals surface area (Å²) >= 11 is 0. The fraction of sp³-hybridized carbons (Fsp3) is 0.778. The Bertz CT molecular complexity index is 973. The topological polar surface area (TPSA) is 78.9 Å². The van der Waals surface area contributed by atoms with E-state index in [4.69, 9.17) is 4.74 Å². The Balaban J connectivity index is 1.54. The number of hydrogen-bond donors (Lipinski definition) is 2. The van der Waals surface area contributed by atoms with Crippen LogP contribution in [0.15, 0.2) is 22.6 Å². The molecule has 0 bridgehead atoms. The number of rotatable bonds is 14. The highest BCUT2D eigenvalue weighted by Gasteiger charge is 2.66. The number of carbonyl (C=O) groups excluding carboxylic acids is 1. The number of carboxylic acid groups (broad SMARTS) is 1. The van der Waals surface area contributed by atoms with Gasteiger partial charge in [0.15, 0.2) is 0 Å². The fourth-order valence-corrected chi connectivity index (χ4v) is 6.83. The Morgan fingerprint density at radius 2 is 1.87 bits per heavy atom. The molecule has 3 rings (SSSR count). The SMILES string of the molecule is CCCN(C(C)CCC1CCC(C(=O)NCC2=CCCC(S(F)(F)(F)(F)F)=C2)(C2CC2)OC1)[C@@H](C)CC(=O)O. The quantitative estimate of drug-likeness (QED) is 0.209. The molecule has 3 aliphatic rings. The highest BCUT2D eigenvalue weighted by atomic mass is 32.5. The maximum absolute atomic E-state index is 13.2. The number of carboxylic acids is 1. The smallest absolute Gasteiger partial charge is 0.307 e. The van der Waals surface area contributed by atoms with Crippen LogP contribution in [0.1, 0.15) is 85.0 Å². The average molecular weight is 587 g/mol. The molecule has 3 unspecified atom stereocenters. The lowest BCUT2D eigenvalue weighted by Gasteiger charge is -2.43. The van der Waals surface area contributed by atoms with E-state index in [1.54, 1.807) is 0 Å². The summed E-state index contributed by atoms with van der Waals surface area (Å²) in [5.41, 5.74) is -1.01. The first kappa shape index (κ1) is 31.9. The standard InChI is InChI=1S/C27H43F5N2O4S/c1-4-14-34(20(3)15-25(35)36)19(2)8-9-21-12-13-27(38-18-21,23-10-11-23)26(37)33-17-22-6-5-7-24(16-22)39(28,29,30,31)32/h6,16,19-21,23H,4-5,7-15,17-18H2,1-3H3,(H,33,37)(H,35,36)/t19?,20-,21?,27?/m0/s1. The summed E-state index contributed by atoms with van der Waals surface area (Å²) in [7, 11) is -9.72. The first-order chi connectivity index (χ1) is 17.9. The third-order valence-corrected chi connectivity index (χ3v) is 9.60. The van der Waals surface area contributed by atoms with Gasteiger partial charge in [0.2, 0.25) is 0 Å². The molecule has 0 spiro atoms. The van der Waals surface area contributed by atoms with Crippen molar-refractivity contribution in [1.82, 2.24) is 10.2 Å². The van der Waals surface area contributed by atoms with Gasteiger partial charge in [-0.2, -0.15) is 0 Å². The largest absolute Gasteiger partial charge is 0.481 e. The van der Waals surface area contributed by atoms with E-state index < -0.39 is 33.1 Å². The molecule has 6 nitrogen and oxygen atoms in total. The van der Waals surface area contributed by atoms with Gasteiger partial charge >= 0.3 is 16.2 Å². The van der Waals surface area contributed by atoms with Gasteiger partial charge in [-0.15, -0.1) is 0 Å². The van der Waals surface area contributed by atoms with Gasteiger partial charge in [-0.25, -0.2) is 0 Å². The van der Waals surface area contributed by atoms with Crippen molar-refractivity contribution in [2.24, 2.45) is 11.8 Å². The van der Waals surface area contributed by atoms with E-state index in [1.165, 1.54) is 6.08 Å². The van der Waals surface area contributed by atoms with E-state index in [-0.39, 0.29) is 54.8 Å². The monoisotopic (exact) mass is 586 g/mol. The molecule has 4 atom stereocenters. The van der Waals surface area contributed by atoms with E-state index in [0.717, 1.165) is 45.1 Å². The molecule has 0 aromatic heterocycles. The zero-order chi connectivity index (χ0) is 29.1. The summed E-state index contributed by atoms with van der Waals surface area (Å²) in [6.07, 6.45) is 6.71. The summed E-state index contributed by atoms with van der Waals surface area (Å²) in [5, 5.41) is 11.9. The molecule has 2 fully saturated rings. The second-order valence-electron chi connectivity index (χ2n) is 11.6. The lowest BCUT2D eigenvalue weighted by molar-refractivity contribution is -0.163. The number of hydrogen-bond acceptors (Lipinski definition) is 4. The summed E-state index contributed by atoms with van der Waals surface area (Å²) < 4.78 is 72.4. The average Bonchev–Trinajstić information content (AvgIpc) is 3.69. The van der Waals surface area contributed by atoms with Gasteiger partial charge in [0.05, 0.1) is 17.9 Å². The minimum Gasteiger partial charge on any atom is -0.481 e. The van der Waals surface area contributed by atoms with E-state index in [0.29, 0.717) is 19.1 Å². The van der Waals surface area contributed by atoms with Crippen molar-refractivity contribution in [3.63, 3.8) is 0 Å². The van der Waals surface area contributed by atoms with Crippen molar-refractivity contribution >= 4 is 22.1 Å². The Hall–Kier alpha value is -1.66. The predicted molar refractivity (Wildman–Crippen MR) is 143 cm³/mol. The van der Waals surface area contributed by atoms with Gasteiger partial charge in [0, 0.05) is 18.6 Å². The molecule has 1 aliphatic heterocycles. The molecule has 2 aliphatic carbocycles. The van der Waals surface area contributed by atoms with Gasteiger partial charge < -0.3 is 15.2 Å². The predicted octanol–water partition coefficient (Wildman–Crippen LogP) is 7.32. The van der Waals surface area contributed by atoms with Crippen molar-refractivity contribution in [2.75, 3.05) is 19.7 Å². The van der Waals surface area contributed by atoms with Crippen molar-refractivity contribution in [3.05, 3.63) is 22.6 Å². The first-order valence-electron chi connectivity index (χ1n) is 14.0.